The SMILES string of the molecule is COc1ccc(CC2c3cc(OC)c(OC)cc3CC[N+]2(C)CCCOC(=O)C=CC(=O)OCCC[N+]2(Cc3ccc(OC)c(OC)c3)CCOCC2)cc1. The number of fused-ring (bicyclic) bond motifs is 1. The molecule has 0 aliphatic carbocycles. The molecule has 3 aromatic rings. The van der Waals surface area contributed by atoms with Gasteiger partial charge in [-0.05, 0) is 53.6 Å². The number of morpholine rings is 1. The van der Waals surface area contributed by atoms with Gasteiger partial charge in [-0.15, -0.1) is 0 Å². The summed E-state index contributed by atoms with van der Waals surface area (Å²) in [5.74, 6) is 2.53. The summed E-state index contributed by atoms with van der Waals surface area (Å²) in [5.41, 5.74) is 4.84. The second kappa shape index (κ2) is 19.7. The van der Waals surface area contributed by atoms with Crippen LogP contribution in [0.3, 0.4) is 0 Å². The third-order valence-electron chi connectivity index (χ3n) is 11.1. The van der Waals surface area contributed by atoms with Gasteiger partial charge in [-0.25, -0.2) is 9.59 Å². The van der Waals surface area contributed by atoms with Crippen molar-refractivity contribution in [3.8, 4) is 28.7 Å². The summed E-state index contributed by atoms with van der Waals surface area (Å²) in [4.78, 5) is 25.1. The molecule has 2 aliphatic heterocycles. The highest BCUT2D eigenvalue weighted by molar-refractivity contribution is 5.91. The topological polar surface area (TPSA) is 108 Å². The Morgan fingerprint density at radius 3 is 1.89 bits per heavy atom. The molecule has 0 amide bonds. The van der Waals surface area contributed by atoms with Gasteiger partial charge in [0.15, 0.2) is 23.0 Å². The smallest absolute Gasteiger partial charge is 0.331 e. The summed E-state index contributed by atoms with van der Waals surface area (Å²) < 4.78 is 45.8. The molecule has 2 atom stereocenters. The van der Waals surface area contributed by atoms with Crippen LogP contribution in [-0.2, 0) is 43.2 Å². The third-order valence-corrected chi connectivity index (χ3v) is 11.1. The first kappa shape index (κ1) is 41.4. The lowest BCUT2D eigenvalue weighted by molar-refractivity contribution is -0.947. The Labute approximate surface area is 325 Å². The largest absolute Gasteiger partial charge is 0.497 e. The summed E-state index contributed by atoms with van der Waals surface area (Å²) in [6.45, 7) is 6.94. The van der Waals surface area contributed by atoms with Gasteiger partial charge in [0.2, 0.25) is 0 Å². The molecule has 0 aromatic heterocycles. The molecule has 0 spiro atoms. The van der Waals surface area contributed by atoms with Gasteiger partial charge >= 0.3 is 11.9 Å². The van der Waals surface area contributed by atoms with E-state index in [1.54, 1.807) is 35.5 Å². The van der Waals surface area contributed by atoms with Gasteiger partial charge in [-0.1, -0.05) is 12.1 Å². The standard InChI is InChI=1S/C43H58N2O10/c1-44(20-17-34-29-40(51-5)41(52-6)30-36(34)37(44)27-32-9-12-35(48-2)13-10-32)18-7-23-54-42(46)15-16-43(47)55-24-8-19-45(21-25-53-26-22-45)31-33-11-14-38(49-3)39(28-33)50-4/h9-16,28-30,37H,7-8,17-27,31H2,1-6H3/q+2. The minimum atomic E-state index is -0.567. The maximum atomic E-state index is 12.6. The van der Waals surface area contributed by atoms with Crippen molar-refractivity contribution in [2.45, 2.75) is 38.3 Å². The molecular weight excluding hydrogens is 704 g/mol. The van der Waals surface area contributed by atoms with E-state index in [9.17, 15) is 9.59 Å². The number of rotatable bonds is 19. The molecule has 3 aromatic carbocycles. The first-order valence-corrected chi connectivity index (χ1v) is 19.0. The highest BCUT2D eigenvalue weighted by Crippen LogP contribution is 2.42. The van der Waals surface area contributed by atoms with Crippen LogP contribution in [-0.4, -0.2) is 123 Å². The fourth-order valence-electron chi connectivity index (χ4n) is 7.87. The van der Waals surface area contributed by atoms with Crippen LogP contribution in [0, 0.1) is 0 Å². The van der Waals surface area contributed by atoms with Crippen LogP contribution in [0.4, 0.5) is 0 Å². The van der Waals surface area contributed by atoms with Crippen LogP contribution in [0.2, 0.25) is 0 Å². The predicted octanol–water partition coefficient (Wildman–Crippen LogP) is 5.49. The molecule has 12 heteroatoms. The molecule has 55 heavy (non-hydrogen) atoms. The number of likely N-dealkylation sites (N-methyl/N-ethyl adjacent to an activating group) is 1. The third kappa shape index (κ3) is 10.9. The van der Waals surface area contributed by atoms with Gasteiger partial charge < -0.3 is 46.9 Å². The maximum absolute atomic E-state index is 12.6. The van der Waals surface area contributed by atoms with Crippen molar-refractivity contribution < 1.29 is 56.5 Å². The molecular formula is C43H58N2O10+2. The first-order valence-electron chi connectivity index (χ1n) is 19.0. The average Bonchev–Trinajstić information content (AvgIpc) is 3.21. The number of carbonyl (C=O) groups is 2. The Bertz CT molecular complexity index is 1750. The van der Waals surface area contributed by atoms with Crippen molar-refractivity contribution in [2.75, 3.05) is 102 Å². The monoisotopic (exact) mass is 762 g/mol. The van der Waals surface area contributed by atoms with Crippen LogP contribution >= 0.6 is 0 Å². The number of hydrogen-bond acceptors (Lipinski definition) is 10. The van der Waals surface area contributed by atoms with Crippen molar-refractivity contribution in [1.82, 2.24) is 0 Å². The first-order chi connectivity index (χ1) is 26.6. The molecule has 1 fully saturated rings. The van der Waals surface area contributed by atoms with E-state index in [1.807, 2.05) is 24.3 Å². The number of quaternary nitrogens is 2. The lowest BCUT2D eigenvalue weighted by Crippen LogP contribution is -2.55. The Balaban J connectivity index is 1.10. The van der Waals surface area contributed by atoms with Crippen LogP contribution in [0.15, 0.2) is 66.7 Å². The average molecular weight is 763 g/mol. The summed E-state index contributed by atoms with van der Waals surface area (Å²) in [6.07, 6.45) is 5.35. The number of esters is 2. The minimum Gasteiger partial charge on any atom is -0.497 e. The molecule has 2 aliphatic rings. The molecule has 0 saturated carbocycles. The minimum absolute atomic E-state index is 0.147. The number of methoxy groups -OCH3 is 5. The molecule has 2 heterocycles. The Morgan fingerprint density at radius 1 is 0.691 bits per heavy atom. The van der Waals surface area contributed by atoms with Crippen LogP contribution in [0.5, 0.6) is 28.7 Å². The quantitative estimate of drug-likeness (QED) is 0.0674. The van der Waals surface area contributed by atoms with Crippen molar-refractivity contribution >= 4 is 11.9 Å². The van der Waals surface area contributed by atoms with Crippen LogP contribution in [0.1, 0.15) is 41.1 Å². The summed E-state index contributed by atoms with van der Waals surface area (Å²) >= 11 is 0. The van der Waals surface area contributed by atoms with E-state index in [0.29, 0.717) is 43.3 Å². The Kier molecular flexibility index (Phi) is 14.8. The van der Waals surface area contributed by atoms with Gasteiger partial charge in [-0.3, -0.25) is 0 Å². The summed E-state index contributed by atoms with van der Waals surface area (Å²) in [6, 6.07) is 18.6. The zero-order chi connectivity index (χ0) is 39.3. The van der Waals surface area contributed by atoms with Gasteiger partial charge in [-0.2, -0.15) is 0 Å². The molecule has 298 valence electrons. The lowest BCUT2D eigenvalue weighted by atomic mass is 9.86. The van der Waals surface area contributed by atoms with E-state index in [0.717, 1.165) is 90.3 Å². The molecule has 2 unspecified atom stereocenters. The second-order valence-electron chi connectivity index (χ2n) is 14.5. The van der Waals surface area contributed by atoms with E-state index in [1.165, 1.54) is 16.7 Å². The normalized spacial score (nSPS) is 18.9. The molecule has 0 radical (unpaired) electrons. The van der Waals surface area contributed by atoms with E-state index in [2.05, 4.69) is 37.4 Å². The van der Waals surface area contributed by atoms with E-state index in [-0.39, 0.29) is 19.3 Å². The van der Waals surface area contributed by atoms with E-state index in [4.69, 9.17) is 37.9 Å². The van der Waals surface area contributed by atoms with E-state index >= 15 is 0 Å². The fraction of sp³-hybridized carbons (Fsp3) is 0.488. The summed E-state index contributed by atoms with van der Waals surface area (Å²) in [7, 11) is 10.5. The van der Waals surface area contributed by atoms with Crippen molar-refractivity contribution in [3.05, 3.63) is 89.0 Å². The van der Waals surface area contributed by atoms with Crippen molar-refractivity contribution in [2.24, 2.45) is 0 Å². The predicted molar refractivity (Wildman–Crippen MR) is 208 cm³/mol. The van der Waals surface area contributed by atoms with Crippen molar-refractivity contribution in [1.29, 1.82) is 0 Å². The van der Waals surface area contributed by atoms with Crippen LogP contribution in [0.25, 0.3) is 0 Å². The fourth-order valence-corrected chi connectivity index (χ4v) is 7.87. The molecule has 0 N–H and O–H groups in total. The molecule has 12 nitrogen and oxygen atoms in total. The summed E-state index contributed by atoms with van der Waals surface area (Å²) in [5, 5.41) is 0. The maximum Gasteiger partial charge on any atom is 0.331 e. The number of benzene rings is 3. The highest BCUT2D eigenvalue weighted by atomic mass is 16.5. The van der Waals surface area contributed by atoms with Crippen LogP contribution < -0.4 is 23.7 Å². The van der Waals surface area contributed by atoms with E-state index < -0.39 is 11.9 Å². The van der Waals surface area contributed by atoms with Crippen molar-refractivity contribution in [3.63, 3.8) is 0 Å². The zero-order valence-corrected chi connectivity index (χ0v) is 33.3. The zero-order valence-electron chi connectivity index (χ0n) is 33.3. The number of nitrogens with zero attached hydrogens (tertiary/aromatic N) is 2. The number of ether oxygens (including phenoxy) is 8. The lowest BCUT2D eigenvalue weighted by Gasteiger charge is -2.46. The van der Waals surface area contributed by atoms with Gasteiger partial charge in [0.05, 0.1) is 88.7 Å². The number of hydrogen-bond donors (Lipinski definition) is 0. The van der Waals surface area contributed by atoms with Gasteiger partial charge in [0.25, 0.3) is 0 Å². The second-order valence-corrected chi connectivity index (χ2v) is 14.5. The molecule has 0 bridgehead atoms. The molecule has 1 saturated heterocycles. The van der Waals surface area contributed by atoms with Gasteiger partial charge in [0, 0.05) is 49.0 Å². The van der Waals surface area contributed by atoms with Gasteiger partial charge in [0.1, 0.15) is 31.4 Å². The number of carbonyl (C=O) groups excluding carboxylic acids is 2. The Morgan fingerprint density at radius 2 is 1.27 bits per heavy atom. The Hall–Kier alpha value is -4.78. The molecule has 5 rings (SSSR count). The highest BCUT2D eigenvalue weighted by Gasteiger charge is 2.40.